The van der Waals surface area contributed by atoms with E-state index >= 15 is 0 Å². The molecule has 28 heavy (non-hydrogen) atoms. The molecule has 0 aliphatic heterocycles. The van der Waals surface area contributed by atoms with Crippen molar-refractivity contribution < 1.29 is 17.6 Å². The van der Waals surface area contributed by atoms with E-state index in [1.807, 2.05) is 35.2 Å². The Morgan fingerprint density at radius 1 is 0.964 bits per heavy atom. The van der Waals surface area contributed by atoms with Crippen LogP contribution in [0, 0.1) is 12.7 Å². The van der Waals surface area contributed by atoms with Gasteiger partial charge in [0, 0.05) is 5.02 Å². The molecular formula is C20H16ClFN2O3S. The number of hydrazine groups is 1. The molecule has 8 heteroatoms. The summed E-state index contributed by atoms with van der Waals surface area (Å²) in [6, 6.07) is 17.3. The maximum Gasteiger partial charge on any atom is 0.269 e. The Morgan fingerprint density at radius 2 is 1.61 bits per heavy atom. The molecule has 5 nitrogen and oxygen atoms in total. The van der Waals surface area contributed by atoms with Gasteiger partial charge >= 0.3 is 0 Å². The Hall–Kier alpha value is -2.74. The molecule has 3 aromatic carbocycles. The number of benzene rings is 3. The Labute approximate surface area is 167 Å². The number of sulfonamides is 1. The van der Waals surface area contributed by atoms with Gasteiger partial charge < -0.3 is 0 Å². The zero-order chi connectivity index (χ0) is 20.3. The van der Waals surface area contributed by atoms with Crippen LogP contribution in [-0.4, -0.2) is 14.3 Å². The van der Waals surface area contributed by atoms with Crippen molar-refractivity contribution >= 4 is 27.5 Å². The summed E-state index contributed by atoms with van der Waals surface area (Å²) in [5, 5.41) is 0.374. The third kappa shape index (κ3) is 4.22. The van der Waals surface area contributed by atoms with E-state index in [9.17, 15) is 17.6 Å². The van der Waals surface area contributed by atoms with Gasteiger partial charge in [0.25, 0.3) is 15.9 Å². The molecule has 0 bridgehead atoms. The van der Waals surface area contributed by atoms with Crippen molar-refractivity contribution in [1.29, 1.82) is 0 Å². The molecule has 0 fully saturated rings. The number of rotatable bonds is 5. The van der Waals surface area contributed by atoms with Crippen LogP contribution in [0.15, 0.2) is 71.6 Å². The van der Waals surface area contributed by atoms with Gasteiger partial charge in [-0.1, -0.05) is 48.0 Å². The van der Waals surface area contributed by atoms with Crippen LogP contribution in [-0.2, 0) is 10.0 Å². The first kappa shape index (κ1) is 20.0. The number of nitrogens with one attached hydrogen (secondary N) is 2. The molecule has 0 unspecified atom stereocenters. The van der Waals surface area contributed by atoms with E-state index in [1.54, 1.807) is 13.0 Å². The summed E-state index contributed by atoms with van der Waals surface area (Å²) in [7, 11) is -4.03. The number of carbonyl (C=O) groups excluding carboxylic acids is 1. The van der Waals surface area contributed by atoms with Crippen LogP contribution < -0.4 is 10.3 Å². The van der Waals surface area contributed by atoms with Gasteiger partial charge in [0.2, 0.25) is 0 Å². The summed E-state index contributed by atoms with van der Waals surface area (Å²) in [5.41, 5.74) is 3.71. The van der Waals surface area contributed by atoms with Gasteiger partial charge in [-0.25, -0.2) is 12.8 Å². The van der Waals surface area contributed by atoms with Crippen LogP contribution in [0.4, 0.5) is 4.39 Å². The molecule has 3 aromatic rings. The summed E-state index contributed by atoms with van der Waals surface area (Å²) in [6.45, 7) is 1.61. The maximum absolute atomic E-state index is 14.3. The number of carbonyl (C=O) groups is 1. The molecule has 3 rings (SSSR count). The summed E-state index contributed by atoms with van der Waals surface area (Å²) in [5.74, 6) is -1.65. The highest BCUT2D eigenvalue weighted by Crippen LogP contribution is 2.27. The second-order valence-electron chi connectivity index (χ2n) is 5.97. The average molecular weight is 419 g/mol. The van der Waals surface area contributed by atoms with E-state index in [-0.39, 0.29) is 10.5 Å². The van der Waals surface area contributed by atoms with Crippen LogP contribution in [0.2, 0.25) is 5.02 Å². The molecule has 0 spiro atoms. The maximum atomic E-state index is 14.3. The molecule has 0 atom stereocenters. The summed E-state index contributed by atoms with van der Waals surface area (Å²) < 4.78 is 38.9. The van der Waals surface area contributed by atoms with E-state index in [1.165, 1.54) is 30.3 Å². The monoisotopic (exact) mass is 418 g/mol. The summed E-state index contributed by atoms with van der Waals surface area (Å²) in [4.78, 5) is 14.4. The molecule has 1 amide bonds. The normalized spacial score (nSPS) is 11.2. The van der Waals surface area contributed by atoms with Crippen LogP contribution in [0.5, 0.6) is 0 Å². The first-order chi connectivity index (χ1) is 13.3. The Kier molecular flexibility index (Phi) is 5.79. The van der Waals surface area contributed by atoms with Gasteiger partial charge in [0.1, 0.15) is 5.82 Å². The molecular weight excluding hydrogens is 403 g/mol. The van der Waals surface area contributed by atoms with Gasteiger partial charge in [-0.15, -0.1) is 4.83 Å². The number of halogens is 2. The number of amides is 1. The fourth-order valence-corrected chi connectivity index (χ4v) is 3.70. The molecule has 0 aromatic heterocycles. The van der Waals surface area contributed by atoms with Gasteiger partial charge in [-0.3, -0.25) is 10.2 Å². The minimum absolute atomic E-state index is 0.0903. The number of hydrogen-bond donors (Lipinski definition) is 2. The lowest BCUT2D eigenvalue weighted by molar-refractivity contribution is 0.0940. The topological polar surface area (TPSA) is 75.3 Å². The fraction of sp³-hybridized carbons (Fsp3) is 0.0500. The van der Waals surface area contributed by atoms with Gasteiger partial charge in [0.05, 0.1) is 10.5 Å². The van der Waals surface area contributed by atoms with Crippen LogP contribution in [0.1, 0.15) is 15.9 Å². The van der Waals surface area contributed by atoms with Crippen molar-refractivity contribution in [3.8, 4) is 11.1 Å². The third-order valence-corrected chi connectivity index (χ3v) is 5.66. The molecule has 0 radical (unpaired) electrons. The highest BCUT2D eigenvalue weighted by molar-refractivity contribution is 7.89. The standard InChI is InChI=1S/C20H16ClFN2O3S/c1-13-17(14-5-3-2-4-6-14)11-12-18(22)19(13)20(25)23-24-28(26,27)16-9-7-15(21)8-10-16/h2-12,24H,1H3,(H,23,25). The molecule has 0 saturated carbocycles. The quantitative estimate of drug-likeness (QED) is 0.613. The largest absolute Gasteiger partial charge is 0.273 e. The van der Waals surface area contributed by atoms with Crippen molar-refractivity contribution in [2.45, 2.75) is 11.8 Å². The average Bonchev–Trinajstić information content (AvgIpc) is 2.67. The van der Waals surface area contributed by atoms with Gasteiger partial charge in [-0.05, 0) is 53.9 Å². The smallest absolute Gasteiger partial charge is 0.269 e. The SMILES string of the molecule is Cc1c(-c2ccccc2)ccc(F)c1C(=O)NNS(=O)(=O)c1ccc(Cl)cc1. The predicted molar refractivity (Wildman–Crippen MR) is 106 cm³/mol. The Bertz CT molecular complexity index is 1120. The van der Waals surface area contributed by atoms with E-state index in [4.69, 9.17) is 11.6 Å². The van der Waals surface area contributed by atoms with Crippen LogP contribution >= 0.6 is 11.6 Å². The van der Waals surface area contributed by atoms with Crippen molar-refractivity contribution in [3.05, 3.63) is 88.7 Å². The lowest BCUT2D eigenvalue weighted by atomic mass is 9.96. The van der Waals surface area contributed by atoms with E-state index in [0.717, 1.165) is 5.56 Å². The zero-order valence-corrected chi connectivity index (χ0v) is 16.3. The zero-order valence-electron chi connectivity index (χ0n) is 14.7. The highest BCUT2D eigenvalue weighted by atomic mass is 35.5. The second-order valence-corrected chi connectivity index (χ2v) is 8.09. The highest BCUT2D eigenvalue weighted by Gasteiger charge is 2.21. The van der Waals surface area contributed by atoms with Crippen molar-refractivity contribution in [3.63, 3.8) is 0 Å². The summed E-state index contributed by atoms with van der Waals surface area (Å²) >= 11 is 5.74. The molecule has 0 saturated heterocycles. The molecule has 2 N–H and O–H groups in total. The van der Waals surface area contributed by atoms with Crippen LogP contribution in [0.25, 0.3) is 11.1 Å². The van der Waals surface area contributed by atoms with E-state index in [0.29, 0.717) is 16.1 Å². The van der Waals surface area contributed by atoms with Gasteiger partial charge in [-0.2, -0.15) is 0 Å². The molecule has 0 aliphatic rings. The Morgan fingerprint density at radius 3 is 2.25 bits per heavy atom. The second kappa shape index (κ2) is 8.10. The van der Waals surface area contributed by atoms with Crippen molar-refractivity contribution in [2.75, 3.05) is 0 Å². The first-order valence-corrected chi connectivity index (χ1v) is 10.1. The predicted octanol–water partition coefficient (Wildman–Crippen LogP) is 4.08. The van der Waals surface area contributed by atoms with Gasteiger partial charge in [0.15, 0.2) is 0 Å². The molecule has 144 valence electrons. The molecule has 0 aliphatic carbocycles. The van der Waals surface area contributed by atoms with E-state index in [2.05, 4.69) is 5.43 Å². The fourth-order valence-electron chi connectivity index (χ4n) is 2.74. The van der Waals surface area contributed by atoms with E-state index < -0.39 is 21.7 Å². The summed E-state index contributed by atoms with van der Waals surface area (Å²) in [6.07, 6.45) is 0. The minimum Gasteiger partial charge on any atom is -0.273 e. The lowest BCUT2D eigenvalue weighted by Gasteiger charge is -2.14. The van der Waals surface area contributed by atoms with Crippen molar-refractivity contribution in [2.24, 2.45) is 0 Å². The van der Waals surface area contributed by atoms with Crippen LogP contribution in [0.3, 0.4) is 0 Å². The molecule has 0 heterocycles. The number of hydrogen-bond acceptors (Lipinski definition) is 3. The van der Waals surface area contributed by atoms with Crippen molar-refractivity contribution in [1.82, 2.24) is 10.3 Å². The lowest BCUT2D eigenvalue weighted by Crippen LogP contribution is -2.42. The first-order valence-electron chi connectivity index (χ1n) is 8.22. The Balaban J connectivity index is 1.86. The third-order valence-electron chi connectivity index (χ3n) is 4.15. The minimum atomic E-state index is -4.03.